The van der Waals surface area contributed by atoms with Crippen molar-refractivity contribution in [3.63, 3.8) is 0 Å². The molecule has 0 aliphatic heterocycles. The van der Waals surface area contributed by atoms with Crippen LogP contribution in [-0.2, 0) is 6.54 Å². The Labute approximate surface area is 120 Å². The lowest BCUT2D eigenvalue weighted by molar-refractivity contribution is 0.675. The molecule has 0 radical (unpaired) electrons. The van der Waals surface area contributed by atoms with E-state index in [2.05, 4.69) is 36.5 Å². The minimum atomic E-state index is 0.106. The van der Waals surface area contributed by atoms with E-state index in [1.807, 2.05) is 24.3 Å². The molecule has 0 aliphatic carbocycles. The van der Waals surface area contributed by atoms with Crippen molar-refractivity contribution in [2.24, 2.45) is 5.73 Å². The molecule has 0 aliphatic rings. The van der Waals surface area contributed by atoms with E-state index in [9.17, 15) is 0 Å². The number of nitrogens with two attached hydrogens (primary N) is 1. The smallest absolute Gasteiger partial charge is 0.123 e. The van der Waals surface area contributed by atoms with Crippen molar-refractivity contribution in [1.82, 2.24) is 5.32 Å². The molecular weight excluding hydrogens is 246 g/mol. The fourth-order valence-corrected chi connectivity index (χ4v) is 2.18. The first-order valence-electron chi connectivity index (χ1n) is 6.96. The lowest BCUT2D eigenvalue weighted by atomic mass is 9.98. The Morgan fingerprint density at radius 2 is 1.80 bits per heavy atom. The zero-order valence-corrected chi connectivity index (χ0v) is 11.8. The molecule has 0 saturated carbocycles. The van der Waals surface area contributed by atoms with Crippen LogP contribution in [0, 0.1) is 5.41 Å². The van der Waals surface area contributed by atoms with Gasteiger partial charge in [-0.2, -0.15) is 0 Å². The second-order valence-electron chi connectivity index (χ2n) is 4.83. The molecule has 104 valence electrons. The van der Waals surface area contributed by atoms with Gasteiger partial charge in [-0.25, -0.2) is 0 Å². The number of amidine groups is 1. The van der Waals surface area contributed by atoms with Gasteiger partial charge in [-0.05, 0) is 29.7 Å². The van der Waals surface area contributed by atoms with E-state index in [0.717, 1.165) is 36.2 Å². The maximum atomic E-state index is 7.65. The van der Waals surface area contributed by atoms with E-state index in [0.29, 0.717) is 0 Å². The highest BCUT2D eigenvalue weighted by atomic mass is 14.8. The van der Waals surface area contributed by atoms with E-state index in [1.165, 1.54) is 5.56 Å². The Kier molecular flexibility index (Phi) is 4.91. The van der Waals surface area contributed by atoms with Crippen LogP contribution in [0.2, 0.25) is 0 Å². The molecule has 3 heteroatoms. The van der Waals surface area contributed by atoms with Gasteiger partial charge in [0.25, 0.3) is 0 Å². The van der Waals surface area contributed by atoms with Crippen LogP contribution in [0.1, 0.15) is 24.5 Å². The molecule has 3 nitrogen and oxygen atoms in total. The summed E-state index contributed by atoms with van der Waals surface area (Å²) in [5.74, 6) is 0.106. The highest BCUT2D eigenvalue weighted by Gasteiger charge is 2.06. The van der Waals surface area contributed by atoms with Gasteiger partial charge in [-0.1, -0.05) is 55.5 Å². The van der Waals surface area contributed by atoms with E-state index >= 15 is 0 Å². The summed E-state index contributed by atoms with van der Waals surface area (Å²) in [4.78, 5) is 0. The van der Waals surface area contributed by atoms with E-state index in [-0.39, 0.29) is 5.84 Å². The van der Waals surface area contributed by atoms with Crippen LogP contribution in [0.3, 0.4) is 0 Å². The Morgan fingerprint density at radius 1 is 1.10 bits per heavy atom. The Hall–Kier alpha value is -2.13. The third kappa shape index (κ3) is 3.45. The molecule has 0 unspecified atom stereocenters. The minimum absolute atomic E-state index is 0.106. The van der Waals surface area contributed by atoms with Crippen LogP contribution >= 0.6 is 0 Å². The van der Waals surface area contributed by atoms with Crippen LogP contribution in [0.4, 0.5) is 0 Å². The molecule has 0 fully saturated rings. The molecular formula is C17H21N3. The maximum absolute atomic E-state index is 7.65. The van der Waals surface area contributed by atoms with Gasteiger partial charge in [-0.15, -0.1) is 0 Å². The SMILES string of the molecule is CCCNCc1ccc(-c2ccccc2C(=N)N)cc1. The molecule has 4 N–H and O–H groups in total. The summed E-state index contributed by atoms with van der Waals surface area (Å²) in [5, 5.41) is 11.0. The predicted octanol–water partition coefficient (Wildman–Crippen LogP) is 3.14. The van der Waals surface area contributed by atoms with Crippen molar-refractivity contribution in [1.29, 1.82) is 5.41 Å². The molecule has 20 heavy (non-hydrogen) atoms. The highest BCUT2D eigenvalue weighted by molar-refractivity contribution is 6.01. The van der Waals surface area contributed by atoms with E-state index in [1.54, 1.807) is 0 Å². The number of nitrogen functional groups attached to an aromatic ring is 1. The number of hydrogen-bond donors (Lipinski definition) is 3. The van der Waals surface area contributed by atoms with Crippen LogP contribution in [0.15, 0.2) is 48.5 Å². The molecule has 2 rings (SSSR count). The highest BCUT2D eigenvalue weighted by Crippen LogP contribution is 2.23. The zero-order chi connectivity index (χ0) is 14.4. The van der Waals surface area contributed by atoms with Crippen LogP contribution < -0.4 is 11.1 Å². The van der Waals surface area contributed by atoms with Crippen molar-refractivity contribution in [3.8, 4) is 11.1 Å². The number of rotatable bonds is 6. The molecule has 0 aromatic heterocycles. The third-order valence-corrected chi connectivity index (χ3v) is 3.24. The quantitative estimate of drug-likeness (QED) is 0.428. The molecule has 0 amide bonds. The van der Waals surface area contributed by atoms with Gasteiger partial charge in [-0.3, -0.25) is 5.41 Å². The zero-order valence-electron chi connectivity index (χ0n) is 11.8. The summed E-state index contributed by atoms with van der Waals surface area (Å²) in [6, 6.07) is 16.2. The Bertz CT molecular complexity index is 573. The number of benzene rings is 2. The fraction of sp³-hybridized carbons (Fsp3) is 0.235. The van der Waals surface area contributed by atoms with Crippen LogP contribution in [-0.4, -0.2) is 12.4 Å². The standard InChI is InChI=1S/C17H21N3/c1-2-11-20-12-13-7-9-14(10-8-13)15-5-3-4-6-16(15)17(18)19/h3-10,20H,2,11-12H2,1H3,(H3,18,19). The number of nitrogens with one attached hydrogen (secondary N) is 2. The van der Waals surface area contributed by atoms with Gasteiger partial charge < -0.3 is 11.1 Å². The monoisotopic (exact) mass is 267 g/mol. The first-order chi connectivity index (χ1) is 9.72. The van der Waals surface area contributed by atoms with Crippen LogP contribution in [0.5, 0.6) is 0 Å². The Morgan fingerprint density at radius 3 is 2.45 bits per heavy atom. The summed E-state index contributed by atoms with van der Waals surface area (Å²) < 4.78 is 0. The van der Waals surface area contributed by atoms with Crippen molar-refractivity contribution < 1.29 is 0 Å². The Balaban J connectivity index is 2.20. The summed E-state index contributed by atoms with van der Waals surface area (Å²) >= 11 is 0. The molecule has 0 atom stereocenters. The van der Waals surface area contributed by atoms with E-state index in [4.69, 9.17) is 11.1 Å². The summed E-state index contributed by atoms with van der Waals surface area (Å²) in [6.45, 7) is 4.09. The summed E-state index contributed by atoms with van der Waals surface area (Å²) in [7, 11) is 0. The molecule has 0 heterocycles. The maximum Gasteiger partial charge on any atom is 0.123 e. The molecule has 0 bridgehead atoms. The van der Waals surface area contributed by atoms with Gasteiger partial charge in [0.15, 0.2) is 0 Å². The summed E-state index contributed by atoms with van der Waals surface area (Å²) in [5.41, 5.74) is 9.78. The van der Waals surface area contributed by atoms with Crippen LogP contribution in [0.25, 0.3) is 11.1 Å². The lowest BCUT2D eigenvalue weighted by Gasteiger charge is -2.09. The third-order valence-electron chi connectivity index (χ3n) is 3.24. The van der Waals surface area contributed by atoms with Crippen molar-refractivity contribution in [2.45, 2.75) is 19.9 Å². The average molecular weight is 267 g/mol. The van der Waals surface area contributed by atoms with Gasteiger partial charge in [0, 0.05) is 12.1 Å². The van der Waals surface area contributed by atoms with Crippen molar-refractivity contribution in [2.75, 3.05) is 6.54 Å². The topological polar surface area (TPSA) is 61.9 Å². The first-order valence-corrected chi connectivity index (χ1v) is 6.96. The second-order valence-corrected chi connectivity index (χ2v) is 4.83. The first kappa shape index (κ1) is 14.3. The molecule has 0 saturated heterocycles. The normalized spacial score (nSPS) is 10.4. The molecule has 0 spiro atoms. The second kappa shape index (κ2) is 6.87. The van der Waals surface area contributed by atoms with Crippen molar-refractivity contribution >= 4 is 5.84 Å². The van der Waals surface area contributed by atoms with Gasteiger partial charge in [0.2, 0.25) is 0 Å². The average Bonchev–Trinajstić information content (AvgIpc) is 2.48. The minimum Gasteiger partial charge on any atom is -0.384 e. The summed E-state index contributed by atoms with van der Waals surface area (Å²) in [6.07, 6.45) is 1.14. The number of hydrogen-bond acceptors (Lipinski definition) is 2. The van der Waals surface area contributed by atoms with Gasteiger partial charge in [0.05, 0.1) is 0 Å². The molecule has 2 aromatic rings. The predicted molar refractivity (Wildman–Crippen MR) is 84.9 cm³/mol. The van der Waals surface area contributed by atoms with E-state index < -0.39 is 0 Å². The lowest BCUT2D eigenvalue weighted by Crippen LogP contribution is -2.13. The van der Waals surface area contributed by atoms with Gasteiger partial charge in [0.1, 0.15) is 5.84 Å². The van der Waals surface area contributed by atoms with Gasteiger partial charge >= 0.3 is 0 Å². The fourth-order valence-electron chi connectivity index (χ4n) is 2.18. The largest absolute Gasteiger partial charge is 0.384 e. The van der Waals surface area contributed by atoms with Crippen molar-refractivity contribution in [3.05, 3.63) is 59.7 Å². The molecule has 2 aromatic carbocycles.